The Bertz CT molecular complexity index is 519. The zero-order valence-corrected chi connectivity index (χ0v) is 16.4. The Morgan fingerprint density at radius 3 is 1.67 bits per heavy atom. The maximum Gasteiger partial charge on any atom is 0.0973 e. The summed E-state index contributed by atoms with van der Waals surface area (Å²) >= 11 is 0. The van der Waals surface area contributed by atoms with E-state index in [4.69, 9.17) is 0 Å². The second-order valence-electron chi connectivity index (χ2n) is 6.55. The number of halogens is 1. The van der Waals surface area contributed by atoms with E-state index in [0.717, 1.165) is 0 Å². The van der Waals surface area contributed by atoms with Crippen LogP contribution in [0.5, 0.6) is 0 Å². The lowest BCUT2D eigenvalue weighted by molar-refractivity contribution is -0.00000396. The zero-order chi connectivity index (χ0) is 13.5. The molecule has 3 heteroatoms. The molecular weight excluding hydrogens is 402 g/mol. The molecule has 0 atom stereocenters. The third kappa shape index (κ3) is 2.64. The predicted molar refractivity (Wildman–Crippen MR) is 93.8 cm³/mol. The summed E-state index contributed by atoms with van der Waals surface area (Å²) < 4.78 is 0. The fourth-order valence-electron chi connectivity index (χ4n) is 4.35. The van der Waals surface area contributed by atoms with Gasteiger partial charge in [-0.05, 0) is 30.3 Å². The predicted octanol–water partition coefficient (Wildman–Crippen LogP) is 0.717. The molecule has 2 aromatic rings. The minimum atomic E-state index is -1.12. The summed E-state index contributed by atoms with van der Waals surface area (Å²) in [5, 5.41) is 3.46. The van der Waals surface area contributed by atoms with Crippen molar-refractivity contribution in [2.45, 2.75) is 18.1 Å². The van der Waals surface area contributed by atoms with Gasteiger partial charge in [0.2, 0.25) is 0 Å². The summed E-state index contributed by atoms with van der Waals surface area (Å²) in [6.45, 7) is 0. The van der Waals surface area contributed by atoms with E-state index in [1.54, 1.807) is 28.6 Å². The lowest BCUT2D eigenvalue weighted by Gasteiger charge is -2.47. The molecule has 110 valence electrons. The normalized spacial score (nSPS) is 30.7. The van der Waals surface area contributed by atoms with Crippen molar-refractivity contribution in [3.8, 4) is 0 Å². The highest BCUT2D eigenvalue weighted by Gasteiger charge is 2.56. The third-order valence-corrected chi connectivity index (χ3v) is 16.8. The highest BCUT2D eigenvalue weighted by atomic mass is 127. The second kappa shape index (κ2) is 6.14. The van der Waals surface area contributed by atoms with Gasteiger partial charge in [-0.1, -0.05) is 53.7 Å². The molecule has 3 aliphatic rings. The van der Waals surface area contributed by atoms with Crippen LogP contribution >= 0.6 is 7.26 Å². The molecule has 0 unspecified atom stereocenters. The molecule has 0 radical (unpaired) electrons. The van der Waals surface area contributed by atoms with Gasteiger partial charge in [-0.3, -0.25) is 0 Å². The van der Waals surface area contributed by atoms with Crippen molar-refractivity contribution >= 4 is 25.8 Å². The first-order valence-electron chi connectivity index (χ1n) is 7.80. The van der Waals surface area contributed by atoms with Crippen LogP contribution in [0, 0.1) is 0 Å². The van der Waals surface area contributed by atoms with Crippen LogP contribution in [0.2, 0.25) is 18.1 Å². The minimum Gasteiger partial charge on any atom is -1.00 e. The van der Waals surface area contributed by atoms with Crippen molar-refractivity contribution in [3.63, 3.8) is 0 Å². The van der Waals surface area contributed by atoms with Crippen molar-refractivity contribution in [3.05, 3.63) is 60.7 Å². The topological polar surface area (TPSA) is 0 Å². The molecule has 2 aromatic carbocycles. The van der Waals surface area contributed by atoms with Crippen LogP contribution in [0.15, 0.2) is 60.7 Å². The molecule has 0 nitrogen and oxygen atoms in total. The average Bonchev–Trinajstić information content (AvgIpc) is 2.58. The van der Waals surface area contributed by atoms with Crippen molar-refractivity contribution in [1.29, 1.82) is 0 Å². The highest BCUT2D eigenvalue weighted by Crippen LogP contribution is 2.67. The van der Waals surface area contributed by atoms with Gasteiger partial charge in [-0.15, -0.1) is 0 Å². The molecule has 0 spiro atoms. The van der Waals surface area contributed by atoms with E-state index in [0.29, 0.717) is 0 Å². The first kappa shape index (κ1) is 15.7. The van der Waals surface area contributed by atoms with Gasteiger partial charge in [0.15, 0.2) is 0 Å². The van der Waals surface area contributed by atoms with E-state index in [2.05, 4.69) is 60.7 Å². The van der Waals surface area contributed by atoms with E-state index in [-0.39, 0.29) is 24.0 Å². The quantitative estimate of drug-likeness (QED) is 0.379. The molecular formula is C18H22IPSi. The molecule has 2 bridgehead atoms. The summed E-state index contributed by atoms with van der Waals surface area (Å²) in [6.07, 6.45) is 4.62. The molecule has 3 aliphatic heterocycles. The first-order valence-corrected chi connectivity index (χ1v) is 12.8. The number of hydrogen-bond acceptors (Lipinski definition) is 0. The van der Waals surface area contributed by atoms with Gasteiger partial charge in [0.25, 0.3) is 0 Å². The molecule has 5 rings (SSSR count). The maximum absolute atomic E-state index is 2.42. The third-order valence-electron chi connectivity index (χ3n) is 5.75. The SMILES string of the molecule is [I-].c1ccc([Si]23CC[P+](c4ccccc4)(CC2)CC3)cc1. The van der Waals surface area contributed by atoms with Gasteiger partial charge in [-0.2, -0.15) is 0 Å². The zero-order valence-electron chi connectivity index (χ0n) is 12.3. The van der Waals surface area contributed by atoms with Crippen LogP contribution in [-0.2, 0) is 0 Å². The van der Waals surface area contributed by atoms with Crippen molar-refractivity contribution < 1.29 is 24.0 Å². The summed E-state index contributed by atoms with van der Waals surface area (Å²) in [5.41, 5.74) is 0. The summed E-state index contributed by atoms with van der Waals surface area (Å²) in [4.78, 5) is 0. The van der Waals surface area contributed by atoms with Crippen LogP contribution in [-0.4, -0.2) is 26.6 Å². The van der Waals surface area contributed by atoms with Crippen molar-refractivity contribution in [2.75, 3.05) is 18.5 Å². The average molecular weight is 424 g/mol. The van der Waals surface area contributed by atoms with Gasteiger partial charge in [0.1, 0.15) is 0 Å². The van der Waals surface area contributed by atoms with Crippen LogP contribution < -0.4 is 34.5 Å². The molecule has 21 heavy (non-hydrogen) atoms. The van der Waals surface area contributed by atoms with Gasteiger partial charge in [0.05, 0.1) is 31.9 Å². The standard InChI is InChI=1S/C18H22PSi.HI/c1-3-7-17(8-4-1)19-11-14-20(15-12-19,16-13-19)18-9-5-2-6-10-18;/h1-10H,11-16H2;1H/q+1;/p-1. The molecule has 0 saturated carbocycles. The van der Waals surface area contributed by atoms with Crippen LogP contribution in [0.25, 0.3) is 0 Å². The minimum absolute atomic E-state index is 0. The van der Waals surface area contributed by atoms with Gasteiger partial charge < -0.3 is 24.0 Å². The number of rotatable bonds is 2. The fraction of sp³-hybridized carbons (Fsp3) is 0.333. The Morgan fingerprint density at radius 2 is 1.14 bits per heavy atom. The molecule has 0 amide bonds. The molecule has 3 heterocycles. The largest absolute Gasteiger partial charge is 1.00 e. The Labute approximate surface area is 146 Å². The monoisotopic (exact) mass is 424 g/mol. The molecule has 3 fully saturated rings. The molecule has 0 aliphatic carbocycles. The van der Waals surface area contributed by atoms with Crippen molar-refractivity contribution in [1.82, 2.24) is 0 Å². The number of benzene rings is 2. The Hall–Kier alpha value is -0.183. The summed E-state index contributed by atoms with van der Waals surface area (Å²) in [7, 11) is -1.90. The van der Waals surface area contributed by atoms with Gasteiger partial charge in [-0.25, -0.2) is 0 Å². The van der Waals surface area contributed by atoms with Gasteiger partial charge >= 0.3 is 0 Å². The van der Waals surface area contributed by atoms with Crippen LogP contribution in [0.1, 0.15) is 0 Å². The lowest BCUT2D eigenvalue weighted by Crippen LogP contribution is -3.00. The van der Waals surface area contributed by atoms with E-state index in [1.807, 2.05) is 0 Å². The van der Waals surface area contributed by atoms with E-state index < -0.39 is 15.3 Å². The first-order chi connectivity index (χ1) is 9.83. The Kier molecular flexibility index (Phi) is 4.59. The molecule has 3 saturated heterocycles. The van der Waals surface area contributed by atoms with E-state index in [9.17, 15) is 0 Å². The smallest absolute Gasteiger partial charge is 0.0973 e. The maximum atomic E-state index is 2.42. The molecule has 0 N–H and O–H groups in total. The number of hydrogen-bond donors (Lipinski definition) is 0. The highest BCUT2D eigenvalue weighted by molar-refractivity contribution is 7.84. The summed E-state index contributed by atoms with van der Waals surface area (Å²) in [5.74, 6) is 0. The molecule has 0 aromatic heterocycles. The Morgan fingerprint density at radius 1 is 0.667 bits per heavy atom. The van der Waals surface area contributed by atoms with Crippen molar-refractivity contribution in [2.24, 2.45) is 0 Å². The summed E-state index contributed by atoms with van der Waals surface area (Å²) in [6, 6.07) is 27.7. The van der Waals surface area contributed by atoms with Gasteiger partial charge in [0, 0.05) is 7.26 Å². The lowest BCUT2D eigenvalue weighted by atomic mass is 10.4. The second-order valence-corrected chi connectivity index (χ2v) is 15.3. The van der Waals surface area contributed by atoms with E-state index in [1.165, 1.54) is 18.5 Å². The van der Waals surface area contributed by atoms with E-state index >= 15 is 0 Å². The number of fused-ring (bicyclic) bond motifs is 3. The van der Waals surface area contributed by atoms with Crippen LogP contribution in [0.3, 0.4) is 0 Å². The van der Waals surface area contributed by atoms with Crippen LogP contribution in [0.4, 0.5) is 0 Å². The fourth-order valence-corrected chi connectivity index (χ4v) is 19.4. The Balaban J connectivity index is 0.00000132.